The number of amides is 2. The van der Waals surface area contributed by atoms with Gasteiger partial charge in [0.05, 0.1) is 24.8 Å². The zero-order valence-corrected chi connectivity index (χ0v) is 15.3. The summed E-state index contributed by atoms with van der Waals surface area (Å²) in [5.41, 5.74) is -0.236. The van der Waals surface area contributed by atoms with Crippen LogP contribution in [0.3, 0.4) is 0 Å². The molecule has 3 heterocycles. The van der Waals surface area contributed by atoms with Crippen molar-refractivity contribution in [2.75, 3.05) is 59.2 Å². The Balaban J connectivity index is 1.64. The third kappa shape index (κ3) is 3.70. The van der Waals surface area contributed by atoms with Gasteiger partial charge in [-0.15, -0.1) is 0 Å². The molecule has 9 heteroatoms. The van der Waals surface area contributed by atoms with Crippen molar-refractivity contribution >= 4 is 17.8 Å². The van der Waals surface area contributed by atoms with E-state index in [-0.39, 0.29) is 35.9 Å². The van der Waals surface area contributed by atoms with Crippen LogP contribution >= 0.6 is 0 Å². The molecule has 26 heavy (non-hydrogen) atoms. The van der Waals surface area contributed by atoms with Crippen LogP contribution in [0, 0.1) is 5.92 Å². The molecule has 2 amide bonds. The van der Waals surface area contributed by atoms with Crippen LogP contribution in [0.2, 0.25) is 0 Å². The van der Waals surface area contributed by atoms with Gasteiger partial charge in [-0.1, -0.05) is 13.8 Å². The number of likely N-dealkylation sites (tertiary alicyclic amines) is 1. The van der Waals surface area contributed by atoms with Crippen LogP contribution in [0.15, 0.2) is 0 Å². The quantitative estimate of drug-likeness (QED) is 0.654. The van der Waals surface area contributed by atoms with Crippen LogP contribution in [0.1, 0.15) is 13.8 Å². The maximum atomic E-state index is 12.5. The summed E-state index contributed by atoms with van der Waals surface area (Å²) in [6.07, 6.45) is 0. The van der Waals surface area contributed by atoms with Crippen molar-refractivity contribution < 1.29 is 29.0 Å². The lowest BCUT2D eigenvalue weighted by molar-refractivity contribution is -0.184. The first kappa shape index (κ1) is 19.1. The topological polar surface area (TPSA) is 99.6 Å². The van der Waals surface area contributed by atoms with Crippen molar-refractivity contribution in [1.82, 2.24) is 14.7 Å². The Morgan fingerprint density at radius 1 is 1.19 bits per heavy atom. The Bertz CT molecular complexity index is 575. The number of carbonyl (C=O) groups excluding carboxylic acids is 2. The van der Waals surface area contributed by atoms with Gasteiger partial charge in [0.2, 0.25) is 11.8 Å². The van der Waals surface area contributed by atoms with E-state index in [1.807, 2.05) is 18.7 Å². The van der Waals surface area contributed by atoms with E-state index in [2.05, 4.69) is 4.90 Å². The van der Waals surface area contributed by atoms with Crippen LogP contribution in [0.5, 0.6) is 0 Å². The van der Waals surface area contributed by atoms with Gasteiger partial charge in [0.15, 0.2) is 0 Å². The molecule has 3 fully saturated rings. The normalized spacial score (nSPS) is 25.1. The second-order valence-corrected chi connectivity index (χ2v) is 7.66. The van der Waals surface area contributed by atoms with Gasteiger partial charge in [0, 0.05) is 38.6 Å². The predicted octanol–water partition coefficient (Wildman–Crippen LogP) is -1.13. The maximum Gasteiger partial charge on any atom is 0.329 e. The lowest BCUT2D eigenvalue weighted by Gasteiger charge is -2.63. The molecule has 3 aliphatic rings. The van der Waals surface area contributed by atoms with Crippen LogP contribution in [0.4, 0.5) is 0 Å². The monoisotopic (exact) mass is 369 g/mol. The highest BCUT2D eigenvalue weighted by Gasteiger charge is 2.56. The van der Waals surface area contributed by atoms with E-state index < -0.39 is 12.6 Å². The molecule has 1 unspecified atom stereocenters. The van der Waals surface area contributed by atoms with E-state index in [9.17, 15) is 14.4 Å². The molecule has 0 aromatic carbocycles. The van der Waals surface area contributed by atoms with Crippen LogP contribution < -0.4 is 0 Å². The summed E-state index contributed by atoms with van der Waals surface area (Å²) in [4.78, 5) is 41.2. The number of fused-ring (bicyclic) bond motifs is 2. The number of morpholine rings is 1. The van der Waals surface area contributed by atoms with Gasteiger partial charge in [-0.25, -0.2) is 4.79 Å². The molecule has 3 saturated heterocycles. The minimum Gasteiger partial charge on any atom is -0.480 e. The number of hydrogen-bond acceptors (Lipinski definition) is 6. The number of ether oxygens (including phenoxy) is 2. The average molecular weight is 369 g/mol. The molecule has 3 aliphatic heterocycles. The van der Waals surface area contributed by atoms with Crippen molar-refractivity contribution in [2.24, 2.45) is 5.92 Å². The largest absolute Gasteiger partial charge is 0.480 e. The zero-order chi connectivity index (χ0) is 18.9. The molecule has 0 aliphatic carbocycles. The second kappa shape index (κ2) is 7.50. The fraction of sp³-hybridized carbons (Fsp3) is 0.824. The lowest BCUT2D eigenvalue weighted by Crippen LogP contribution is -2.81. The number of carbonyl (C=O) groups is 3. The van der Waals surface area contributed by atoms with Crippen LogP contribution in [-0.4, -0.2) is 108 Å². The van der Waals surface area contributed by atoms with E-state index >= 15 is 0 Å². The number of hydrogen-bond donors (Lipinski definition) is 1. The molecule has 0 aromatic rings. The van der Waals surface area contributed by atoms with E-state index in [0.29, 0.717) is 39.4 Å². The Labute approximate surface area is 152 Å². The first-order valence-corrected chi connectivity index (χ1v) is 9.03. The zero-order valence-electron chi connectivity index (χ0n) is 15.3. The van der Waals surface area contributed by atoms with Gasteiger partial charge in [0.1, 0.15) is 13.2 Å². The molecule has 0 saturated carbocycles. The molecule has 3 rings (SSSR count). The van der Waals surface area contributed by atoms with Crippen LogP contribution in [-0.2, 0) is 23.9 Å². The van der Waals surface area contributed by atoms with Crippen molar-refractivity contribution in [3.05, 3.63) is 0 Å². The summed E-state index contributed by atoms with van der Waals surface area (Å²) in [5, 5.41) is 8.58. The summed E-state index contributed by atoms with van der Waals surface area (Å²) in [5.74, 6) is -1.24. The summed E-state index contributed by atoms with van der Waals surface area (Å²) in [6, 6.07) is 0.153. The number of piperazine rings is 1. The van der Waals surface area contributed by atoms with Crippen molar-refractivity contribution in [3.8, 4) is 0 Å². The number of rotatable bonds is 5. The number of carboxylic acids is 1. The van der Waals surface area contributed by atoms with Gasteiger partial charge >= 0.3 is 5.97 Å². The SMILES string of the molecule is CC(C)C(=O)N1CC2COCCN2C2(CN(C(=O)COCC(=O)O)C2)C1. The maximum absolute atomic E-state index is 12.5. The van der Waals surface area contributed by atoms with Crippen LogP contribution in [0.25, 0.3) is 0 Å². The Morgan fingerprint density at radius 2 is 1.88 bits per heavy atom. The third-order valence-corrected chi connectivity index (χ3v) is 5.33. The number of aliphatic carboxylic acids is 1. The summed E-state index contributed by atoms with van der Waals surface area (Å²) >= 11 is 0. The first-order chi connectivity index (χ1) is 12.3. The second-order valence-electron chi connectivity index (χ2n) is 7.66. The standard InChI is InChI=1S/C17H27N3O6/c1-12(2)16(24)18-5-13-6-25-4-3-20(13)17(9-18)10-19(11-17)14(21)7-26-8-15(22)23/h12-13H,3-11H2,1-2H3,(H,22,23). The Hall–Kier alpha value is -1.71. The molecule has 146 valence electrons. The average Bonchev–Trinajstić information content (AvgIpc) is 2.57. The lowest BCUT2D eigenvalue weighted by atomic mass is 9.82. The fourth-order valence-corrected chi connectivity index (χ4v) is 4.17. The summed E-state index contributed by atoms with van der Waals surface area (Å²) in [6.45, 7) is 7.47. The highest BCUT2D eigenvalue weighted by Crippen LogP contribution is 2.36. The van der Waals surface area contributed by atoms with E-state index in [1.54, 1.807) is 4.90 Å². The van der Waals surface area contributed by atoms with Gasteiger partial charge in [-0.3, -0.25) is 14.5 Å². The van der Waals surface area contributed by atoms with E-state index in [4.69, 9.17) is 14.6 Å². The molecule has 0 bridgehead atoms. The number of carboxylic acid groups (broad SMARTS) is 1. The van der Waals surface area contributed by atoms with Gasteiger partial charge in [-0.2, -0.15) is 0 Å². The van der Waals surface area contributed by atoms with Gasteiger partial charge < -0.3 is 24.4 Å². The fourth-order valence-electron chi connectivity index (χ4n) is 4.17. The van der Waals surface area contributed by atoms with Gasteiger partial charge in [-0.05, 0) is 0 Å². The Morgan fingerprint density at radius 3 is 2.54 bits per heavy atom. The third-order valence-electron chi connectivity index (χ3n) is 5.33. The van der Waals surface area contributed by atoms with Gasteiger partial charge in [0.25, 0.3) is 0 Å². The number of nitrogens with zero attached hydrogens (tertiary/aromatic N) is 3. The highest BCUT2D eigenvalue weighted by atomic mass is 16.5. The highest BCUT2D eigenvalue weighted by molar-refractivity contribution is 5.80. The summed E-state index contributed by atoms with van der Waals surface area (Å²) < 4.78 is 10.5. The smallest absolute Gasteiger partial charge is 0.329 e. The molecule has 1 spiro atoms. The predicted molar refractivity (Wildman–Crippen MR) is 90.5 cm³/mol. The molecule has 0 radical (unpaired) electrons. The summed E-state index contributed by atoms with van der Waals surface area (Å²) in [7, 11) is 0. The van der Waals surface area contributed by atoms with Crippen molar-refractivity contribution in [3.63, 3.8) is 0 Å². The minimum atomic E-state index is -1.09. The van der Waals surface area contributed by atoms with E-state index in [0.717, 1.165) is 6.54 Å². The molecular formula is C17H27N3O6. The molecule has 1 atom stereocenters. The van der Waals surface area contributed by atoms with Crippen molar-refractivity contribution in [2.45, 2.75) is 25.4 Å². The first-order valence-electron chi connectivity index (χ1n) is 9.03. The molecule has 9 nitrogen and oxygen atoms in total. The molecular weight excluding hydrogens is 342 g/mol. The van der Waals surface area contributed by atoms with Crippen molar-refractivity contribution in [1.29, 1.82) is 0 Å². The molecule has 0 aromatic heterocycles. The minimum absolute atomic E-state index is 0.0645. The molecule has 1 N–H and O–H groups in total. The van der Waals surface area contributed by atoms with E-state index in [1.165, 1.54) is 0 Å². The Kier molecular flexibility index (Phi) is 5.50.